The third kappa shape index (κ3) is 3.03. The van der Waals surface area contributed by atoms with E-state index in [0.29, 0.717) is 15.8 Å². The summed E-state index contributed by atoms with van der Waals surface area (Å²) < 4.78 is 5.67. The van der Waals surface area contributed by atoms with Gasteiger partial charge in [-0.3, -0.25) is 29.6 Å². The number of benzene rings is 1. The number of ketones is 1. The predicted octanol–water partition coefficient (Wildman–Crippen LogP) is 3.98. The molecule has 11 heteroatoms. The van der Waals surface area contributed by atoms with Gasteiger partial charge in [-0.1, -0.05) is 17.4 Å². The van der Waals surface area contributed by atoms with Crippen molar-refractivity contribution in [3.05, 3.63) is 93.9 Å². The van der Waals surface area contributed by atoms with Crippen LogP contribution >= 0.6 is 11.3 Å². The first-order valence-electron chi connectivity index (χ1n) is 9.25. The van der Waals surface area contributed by atoms with Crippen LogP contribution in [0.2, 0.25) is 0 Å². The first-order valence-corrected chi connectivity index (χ1v) is 10.1. The molecule has 1 amide bonds. The van der Waals surface area contributed by atoms with Gasteiger partial charge in [0.15, 0.2) is 16.7 Å². The lowest BCUT2D eigenvalue weighted by Gasteiger charge is -2.23. The summed E-state index contributed by atoms with van der Waals surface area (Å²) in [6.07, 6.45) is 4.34. The molecule has 1 aliphatic heterocycles. The van der Waals surface area contributed by atoms with E-state index in [9.17, 15) is 24.8 Å². The summed E-state index contributed by atoms with van der Waals surface area (Å²) in [5, 5.41) is 22.0. The Labute approximate surface area is 183 Å². The zero-order valence-corrected chi connectivity index (χ0v) is 16.9. The molecule has 4 heterocycles. The van der Waals surface area contributed by atoms with Gasteiger partial charge in [-0.25, -0.2) is 4.98 Å². The SMILES string of the molecule is O=C(C1=C(O)C(=O)N(c2nc3ccc([N+](=O)[O-])cc3s2)C1c1cccnc1)c1ccco1. The smallest absolute Gasteiger partial charge is 0.296 e. The highest BCUT2D eigenvalue weighted by molar-refractivity contribution is 7.22. The highest BCUT2D eigenvalue weighted by Crippen LogP contribution is 2.44. The van der Waals surface area contributed by atoms with Gasteiger partial charge < -0.3 is 9.52 Å². The van der Waals surface area contributed by atoms with Crippen LogP contribution in [-0.4, -0.2) is 31.7 Å². The molecular weight excluding hydrogens is 436 g/mol. The number of Topliss-reactive ketones (excluding diaryl/α,β-unsaturated/α-hetero) is 1. The molecule has 3 aromatic heterocycles. The molecule has 0 spiro atoms. The highest BCUT2D eigenvalue weighted by atomic mass is 32.1. The van der Waals surface area contributed by atoms with Crippen LogP contribution in [0.4, 0.5) is 10.8 Å². The lowest BCUT2D eigenvalue weighted by Crippen LogP contribution is -2.31. The third-order valence-electron chi connectivity index (χ3n) is 4.98. The van der Waals surface area contributed by atoms with Crippen LogP contribution in [0.5, 0.6) is 0 Å². The molecule has 0 radical (unpaired) electrons. The molecule has 1 aromatic carbocycles. The van der Waals surface area contributed by atoms with Gasteiger partial charge in [0.05, 0.1) is 33.0 Å². The lowest BCUT2D eigenvalue weighted by molar-refractivity contribution is -0.384. The van der Waals surface area contributed by atoms with Gasteiger partial charge in [0.1, 0.15) is 0 Å². The fourth-order valence-electron chi connectivity index (χ4n) is 3.55. The van der Waals surface area contributed by atoms with Gasteiger partial charge in [-0.15, -0.1) is 0 Å². The van der Waals surface area contributed by atoms with Crippen molar-refractivity contribution in [1.29, 1.82) is 0 Å². The quantitative estimate of drug-likeness (QED) is 0.275. The number of aliphatic hydroxyl groups is 1. The van der Waals surface area contributed by atoms with Crippen LogP contribution in [0.15, 0.2) is 76.9 Å². The molecule has 32 heavy (non-hydrogen) atoms. The van der Waals surface area contributed by atoms with Crippen LogP contribution in [0.3, 0.4) is 0 Å². The molecule has 0 saturated carbocycles. The van der Waals surface area contributed by atoms with Crippen molar-refractivity contribution in [2.45, 2.75) is 6.04 Å². The number of nitro groups is 1. The van der Waals surface area contributed by atoms with Crippen molar-refractivity contribution in [1.82, 2.24) is 9.97 Å². The number of nitrogens with zero attached hydrogens (tertiary/aromatic N) is 4. The summed E-state index contributed by atoms with van der Waals surface area (Å²) in [6, 6.07) is 9.43. The summed E-state index contributed by atoms with van der Waals surface area (Å²) in [5.41, 5.74) is 0.644. The second-order valence-corrected chi connectivity index (χ2v) is 7.85. The van der Waals surface area contributed by atoms with Gasteiger partial charge in [-0.05, 0) is 29.8 Å². The zero-order chi connectivity index (χ0) is 22.4. The van der Waals surface area contributed by atoms with Crippen LogP contribution in [0.1, 0.15) is 22.2 Å². The van der Waals surface area contributed by atoms with E-state index in [1.54, 1.807) is 18.3 Å². The maximum absolute atomic E-state index is 13.1. The first kappa shape index (κ1) is 19.6. The van der Waals surface area contributed by atoms with Crippen molar-refractivity contribution < 1.29 is 24.0 Å². The molecule has 10 nitrogen and oxygen atoms in total. The minimum absolute atomic E-state index is 0.0324. The number of non-ortho nitro benzene ring substituents is 1. The third-order valence-corrected chi connectivity index (χ3v) is 5.99. The molecular formula is C21H12N4O6S. The Morgan fingerprint density at radius 3 is 2.78 bits per heavy atom. The fourth-order valence-corrected chi connectivity index (χ4v) is 4.57. The lowest BCUT2D eigenvalue weighted by atomic mass is 9.96. The van der Waals surface area contributed by atoms with Crippen LogP contribution in [0.25, 0.3) is 10.2 Å². The number of carbonyl (C=O) groups excluding carboxylic acids is 2. The Kier molecular flexibility index (Phi) is 4.52. The van der Waals surface area contributed by atoms with E-state index in [0.717, 1.165) is 11.3 Å². The molecule has 158 valence electrons. The number of hydrogen-bond acceptors (Lipinski definition) is 9. The molecule has 1 aliphatic rings. The molecule has 4 aromatic rings. The Bertz CT molecular complexity index is 1410. The Morgan fingerprint density at radius 1 is 1.25 bits per heavy atom. The number of aliphatic hydroxyl groups excluding tert-OH is 1. The van der Waals surface area contributed by atoms with E-state index < -0.39 is 28.4 Å². The van der Waals surface area contributed by atoms with Gasteiger partial charge in [-0.2, -0.15) is 0 Å². The van der Waals surface area contributed by atoms with Crippen LogP contribution in [-0.2, 0) is 4.79 Å². The van der Waals surface area contributed by atoms with E-state index in [-0.39, 0.29) is 22.2 Å². The second-order valence-electron chi connectivity index (χ2n) is 6.84. The van der Waals surface area contributed by atoms with Gasteiger partial charge in [0.25, 0.3) is 11.6 Å². The van der Waals surface area contributed by atoms with E-state index in [2.05, 4.69) is 9.97 Å². The van der Waals surface area contributed by atoms with Gasteiger partial charge in [0.2, 0.25) is 5.78 Å². The van der Waals surface area contributed by atoms with Crippen molar-refractivity contribution in [3.8, 4) is 0 Å². The largest absolute Gasteiger partial charge is 0.503 e. The maximum Gasteiger partial charge on any atom is 0.296 e. The van der Waals surface area contributed by atoms with Gasteiger partial charge >= 0.3 is 0 Å². The highest BCUT2D eigenvalue weighted by Gasteiger charge is 2.46. The number of rotatable bonds is 5. The Balaban J connectivity index is 1.66. The monoisotopic (exact) mass is 448 g/mol. The molecule has 5 rings (SSSR count). The number of aromatic nitrogens is 2. The number of pyridine rings is 1. The fraction of sp³-hybridized carbons (Fsp3) is 0.0476. The minimum Gasteiger partial charge on any atom is -0.503 e. The standard InChI is InChI=1S/C21H12N4O6S/c26-18(14-4-2-8-31-14)16-17(11-3-1-7-22-10-11)24(20(28)19(16)27)21-23-13-6-5-12(25(29)30)9-15(13)32-21/h1-10,17,27H. The average Bonchev–Trinajstić information content (AvgIpc) is 3.52. The summed E-state index contributed by atoms with van der Waals surface area (Å²) in [4.78, 5) is 46.5. The van der Waals surface area contributed by atoms with Gasteiger partial charge in [0, 0.05) is 24.5 Å². The molecule has 0 saturated heterocycles. The summed E-state index contributed by atoms with van der Waals surface area (Å²) in [6.45, 7) is 0. The predicted molar refractivity (Wildman–Crippen MR) is 113 cm³/mol. The van der Waals surface area contributed by atoms with E-state index in [1.807, 2.05) is 0 Å². The molecule has 0 fully saturated rings. The van der Waals surface area contributed by atoms with Crippen LogP contribution in [0, 0.1) is 10.1 Å². The Morgan fingerprint density at radius 2 is 2.09 bits per heavy atom. The van der Waals surface area contributed by atoms with Crippen LogP contribution < -0.4 is 4.90 Å². The number of carbonyl (C=O) groups is 2. The summed E-state index contributed by atoms with van der Waals surface area (Å²) in [5.74, 6) is -2.21. The first-order chi connectivity index (χ1) is 15.5. The number of amides is 1. The number of thiazole rings is 1. The van der Waals surface area contributed by atoms with Crippen molar-refractivity contribution in [2.24, 2.45) is 0 Å². The average molecular weight is 448 g/mol. The molecule has 1 N–H and O–H groups in total. The number of anilines is 1. The van der Waals surface area contributed by atoms with Crippen molar-refractivity contribution in [2.75, 3.05) is 4.90 Å². The maximum atomic E-state index is 13.1. The number of fused-ring (bicyclic) bond motifs is 1. The topological polar surface area (TPSA) is 140 Å². The normalized spacial score (nSPS) is 16.2. The number of nitro benzene ring substituents is 1. The second kappa shape index (κ2) is 7.39. The van der Waals surface area contributed by atoms with Crippen molar-refractivity contribution >= 4 is 44.1 Å². The summed E-state index contributed by atoms with van der Waals surface area (Å²) in [7, 11) is 0. The number of furan rings is 1. The molecule has 1 atom stereocenters. The Hall–Kier alpha value is -4.38. The molecule has 0 aliphatic carbocycles. The van der Waals surface area contributed by atoms with E-state index in [4.69, 9.17) is 4.42 Å². The zero-order valence-electron chi connectivity index (χ0n) is 16.0. The summed E-state index contributed by atoms with van der Waals surface area (Å²) >= 11 is 1.04. The molecule has 1 unspecified atom stereocenters. The van der Waals surface area contributed by atoms with E-state index >= 15 is 0 Å². The van der Waals surface area contributed by atoms with E-state index in [1.165, 1.54) is 47.7 Å². The van der Waals surface area contributed by atoms with Crippen molar-refractivity contribution in [3.63, 3.8) is 0 Å². The minimum atomic E-state index is -1.01. The number of hydrogen-bond donors (Lipinski definition) is 1. The molecule has 0 bridgehead atoms.